The first-order chi connectivity index (χ1) is 13.0. The lowest BCUT2D eigenvalue weighted by molar-refractivity contribution is -0.124. The smallest absolute Gasteiger partial charge is 0.287 e. The van der Waals surface area contributed by atoms with Gasteiger partial charge >= 0.3 is 0 Å². The quantitative estimate of drug-likeness (QED) is 0.302. The molecule has 0 aliphatic heterocycles. The Morgan fingerprint density at radius 3 is 3.07 bits per heavy atom. The number of carbonyl (C=O) groups is 1. The maximum atomic E-state index is 13.4. The van der Waals surface area contributed by atoms with Crippen LogP contribution in [0, 0.1) is 5.82 Å². The summed E-state index contributed by atoms with van der Waals surface area (Å²) in [6.07, 6.45) is 0.573. The van der Waals surface area contributed by atoms with Gasteiger partial charge in [0.15, 0.2) is 12.4 Å². The second-order valence-electron chi connectivity index (χ2n) is 6.01. The molecule has 1 amide bonds. The molecule has 1 heterocycles. The van der Waals surface area contributed by atoms with Crippen molar-refractivity contribution in [2.75, 3.05) is 13.2 Å². The molecule has 27 heavy (non-hydrogen) atoms. The maximum Gasteiger partial charge on any atom is 0.287 e. The molecule has 10 nitrogen and oxygen atoms in total. The molecule has 0 bridgehead atoms. The van der Waals surface area contributed by atoms with Gasteiger partial charge in [-0.05, 0) is 46.9 Å². The number of nitrogens with zero attached hydrogens (tertiary/aromatic N) is 3. The fourth-order valence-electron chi connectivity index (χ4n) is 2.58. The third-order valence-electron chi connectivity index (χ3n) is 3.97. The molecule has 1 aromatic heterocycles. The van der Waals surface area contributed by atoms with E-state index in [2.05, 4.69) is 25.3 Å². The van der Waals surface area contributed by atoms with Gasteiger partial charge in [0.2, 0.25) is 5.69 Å². The van der Waals surface area contributed by atoms with Crippen LogP contribution in [0.4, 0.5) is 4.39 Å². The number of hydrogen-bond acceptors (Lipinski definition) is 8. The summed E-state index contributed by atoms with van der Waals surface area (Å²) in [5.41, 5.74) is 3.53. The number of ether oxygens (including phenoxy) is 1. The molecular formula is C16H18FN5O5. The van der Waals surface area contributed by atoms with E-state index in [1.54, 1.807) is 13.0 Å². The van der Waals surface area contributed by atoms with Crippen LogP contribution in [0.2, 0.25) is 0 Å². The fourth-order valence-corrected chi connectivity index (χ4v) is 2.58. The number of nitrogens with one attached hydrogen (secondary N) is 2. The maximum absolute atomic E-state index is 13.4. The van der Waals surface area contributed by atoms with E-state index in [1.807, 2.05) is 5.48 Å². The van der Waals surface area contributed by atoms with Crippen LogP contribution < -0.4 is 15.5 Å². The summed E-state index contributed by atoms with van der Waals surface area (Å²) in [6.45, 7) is 1.01. The van der Waals surface area contributed by atoms with Crippen LogP contribution in [0.15, 0.2) is 27.8 Å². The fraction of sp³-hybridized carbons (Fsp3) is 0.375. The van der Waals surface area contributed by atoms with Crippen molar-refractivity contribution in [1.29, 1.82) is 0 Å². The largest absolute Gasteiger partial charge is 0.464 e. The number of aromatic nitrogens is 2. The topological polar surface area (TPSA) is 142 Å². The number of amides is 1. The van der Waals surface area contributed by atoms with Gasteiger partial charge < -0.3 is 15.2 Å². The second-order valence-corrected chi connectivity index (χ2v) is 6.01. The molecule has 0 spiro atoms. The molecule has 1 aliphatic rings. The molecule has 3 rings (SSSR count). The van der Waals surface area contributed by atoms with Gasteiger partial charge in [0.1, 0.15) is 5.82 Å². The van der Waals surface area contributed by atoms with Crippen molar-refractivity contribution in [3.05, 3.63) is 40.8 Å². The Morgan fingerprint density at radius 2 is 2.33 bits per heavy atom. The molecule has 4 N–H and O–H groups in total. The van der Waals surface area contributed by atoms with Gasteiger partial charge in [-0.15, -0.1) is 0 Å². The Labute approximate surface area is 153 Å². The van der Waals surface area contributed by atoms with E-state index in [9.17, 15) is 14.4 Å². The van der Waals surface area contributed by atoms with Gasteiger partial charge in [-0.1, -0.05) is 6.07 Å². The van der Waals surface area contributed by atoms with Gasteiger partial charge in [-0.25, -0.2) is 9.02 Å². The van der Waals surface area contributed by atoms with Crippen LogP contribution in [-0.4, -0.2) is 51.6 Å². The Kier molecular flexibility index (Phi) is 5.62. The van der Waals surface area contributed by atoms with E-state index in [0.29, 0.717) is 12.0 Å². The first-order valence-corrected chi connectivity index (χ1v) is 8.14. The Balaban J connectivity index is 1.70. The summed E-state index contributed by atoms with van der Waals surface area (Å²) in [6, 6.07) is 3.64. The summed E-state index contributed by atoms with van der Waals surface area (Å²) >= 11 is 0. The third kappa shape index (κ3) is 4.20. The standard InChI is InChI=1S/C16H18FN5O5/c1-8(6-23)18-13(24)7-26-16-14(21-27-22-16)15(20-25)19-12-4-9-2-3-10(17)5-11(9)12/h2-3,5,8,12,23,25H,4,6-7H2,1H3,(H,18,24)(H,19,20)/t8?,12-/m0/s1. The van der Waals surface area contributed by atoms with Gasteiger partial charge in [-0.2, -0.15) is 0 Å². The SMILES string of the molecule is CC(CO)NC(=O)COc1nonc1C(=N[C@H]1Cc2ccc(F)cc21)NO. The van der Waals surface area contributed by atoms with Crippen molar-refractivity contribution < 1.29 is 28.9 Å². The molecule has 0 fully saturated rings. The zero-order valence-electron chi connectivity index (χ0n) is 14.3. The molecule has 1 aliphatic carbocycles. The minimum absolute atomic E-state index is 0.0367. The van der Waals surface area contributed by atoms with E-state index < -0.39 is 18.6 Å². The number of fused-ring (bicyclic) bond motifs is 1. The van der Waals surface area contributed by atoms with Crippen LogP contribution >= 0.6 is 0 Å². The Bertz CT molecular complexity index is 855. The van der Waals surface area contributed by atoms with Crippen molar-refractivity contribution in [3.63, 3.8) is 0 Å². The summed E-state index contributed by atoms with van der Waals surface area (Å²) in [7, 11) is 0. The number of aliphatic hydroxyl groups is 1. The van der Waals surface area contributed by atoms with Crippen LogP contribution in [0.1, 0.15) is 29.8 Å². The second kappa shape index (κ2) is 8.10. The molecule has 2 atom stereocenters. The zero-order chi connectivity index (χ0) is 19.4. The summed E-state index contributed by atoms with van der Waals surface area (Å²) in [5, 5.41) is 28.0. The van der Waals surface area contributed by atoms with Gasteiger partial charge in [0, 0.05) is 6.04 Å². The number of halogens is 1. The number of amidine groups is 1. The van der Waals surface area contributed by atoms with Crippen LogP contribution in [0.25, 0.3) is 0 Å². The highest BCUT2D eigenvalue weighted by molar-refractivity contribution is 5.98. The van der Waals surface area contributed by atoms with E-state index >= 15 is 0 Å². The van der Waals surface area contributed by atoms with Crippen molar-refractivity contribution in [1.82, 2.24) is 21.1 Å². The van der Waals surface area contributed by atoms with Crippen molar-refractivity contribution in [3.8, 4) is 5.88 Å². The number of carbonyl (C=O) groups excluding carboxylic acids is 1. The normalized spacial score (nSPS) is 16.9. The Morgan fingerprint density at radius 1 is 1.52 bits per heavy atom. The molecule has 0 saturated carbocycles. The van der Waals surface area contributed by atoms with Crippen molar-refractivity contribution >= 4 is 11.7 Å². The van der Waals surface area contributed by atoms with Crippen LogP contribution in [0.3, 0.4) is 0 Å². The highest BCUT2D eigenvalue weighted by atomic mass is 19.1. The number of hydrogen-bond donors (Lipinski definition) is 4. The number of rotatable bonds is 7. The zero-order valence-corrected chi connectivity index (χ0v) is 14.3. The van der Waals surface area contributed by atoms with E-state index in [0.717, 1.165) is 5.56 Å². The van der Waals surface area contributed by atoms with Gasteiger partial charge in [0.05, 0.1) is 12.6 Å². The van der Waals surface area contributed by atoms with E-state index in [1.165, 1.54) is 12.1 Å². The lowest BCUT2D eigenvalue weighted by Crippen LogP contribution is -2.38. The number of aliphatic imine (C=N–C) groups is 1. The molecule has 144 valence electrons. The minimum Gasteiger partial charge on any atom is -0.464 e. The summed E-state index contributed by atoms with van der Waals surface area (Å²) in [5.74, 6) is -1.09. The van der Waals surface area contributed by atoms with Crippen LogP contribution in [0.5, 0.6) is 5.88 Å². The number of aliphatic hydroxyl groups excluding tert-OH is 1. The highest BCUT2D eigenvalue weighted by Gasteiger charge is 2.28. The average molecular weight is 379 g/mol. The van der Waals surface area contributed by atoms with E-state index in [-0.39, 0.29) is 35.9 Å². The highest BCUT2D eigenvalue weighted by Crippen LogP contribution is 2.37. The minimum atomic E-state index is -0.482. The number of hydroxylamine groups is 1. The van der Waals surface area contributed by atoms with Crippen LogP contribution in [-0.2, 0) is 11.2 Å². The van der Waals surface area contributed by atoms with E-state index in [4.69, 9.17) is 9.84 Å². The summed E-state index contributed by atoms with van der Waals surface area (Å²) in [4.78, 5) is 16.0. The van der Waals surface area contributed by atoms with Crippen molar-refractivity contribution in [2.45, 2.75) is 25.4 Å². The lowest BCUT2D eigenvalue weighted by atomic mass is 9.83. The summed E-state index contributed by atoms with van der Waals surface area (Å²) < 4.78 is 23.2. The number of benzene rings is 1. The first-order valence-electron chi connectivity index (χ1n) is 8.14. The monoisotopic (exact) mass is 379 g/mol. The molecule has 11 heteroatoms. The van der Waals surface area contributed by atoms with Gasteiger partial charge in [-0.3, -0.25) is 20.5 Å². The predicted octanol–water partition coefficient (Wildman–Crippen LogP) is 0.107. The Hall–Kier alpha value is -3.05. The predicted molar refractivity (Wildman–Crippen MR) is 88.8 cm³/mol. The van der Waals surface area contributed by atoms with Crippen molar-refractivity contribution in [2.24, 2.45) is 4.99 Å². The lowest BCUT2D eigenvalue weighted by Gasteiger charge is -2.27. The molecule has 1 aromatic carbocycles. The average Bonchev–Trinajstić information content (AvgIpc) is 3.11. The molecule has 1 unspecified atom stereocenters. The first kappa shape index (κ1) is 18.7. The molecular weight excluding hydrogens is 361 g/mol. The molecule has 0 saturated heterocycles. The molecule has 2 aromatic rings. The van der Waals surface area contributed by atoms with Gasteiger partial charge in [0.25, 0.3) is 11.8 Å². The molecule has 0 radical (unpaired) electrons. The third-order valence-corrected chi connectivity index (χ3v) is 3.97.